The van der Waals surface area contributed by atoms with Gasteiger partial charge in [0.15, 0.2) is 0 Å². The Kier molecular flexibility index (Phi) is 4.79. The summed E-state index contributed by atoms with van der Waals surface area (Å²) in [7, 11) is 0. The van der Waals surface area contributed by atoms with Crippen LogP contribution in [-0.2, 0) is 12.6 Å². The van der Waals surface area contributed by atoms with Crippen LogP contribution < -0.4 is 11.1 Å². The second-order valence-corrected chi connectivity index (χ2v) is 4.91. The number of hydrogen-bond donors (Lipinski definition) is 2. The van der Waals surface area contributed by atoms with Crippen LogP contribution in [0.4, 0.5) is 25.1 Å². The molecule has 0 spiro atoms. The van der Waals surface area contributed by atoms with Crippen molar-refractivity contribution in [2.75, 3.05) is 11.1 Å². The van der Waals surface area contributed by atoms with Crippen LogP contribution in [0.2, 0.25) is 0 Å². The van der Waals surface area contributed by atoms with Gasteiger partial charge in [0.2, 0.25) is 17.7 Å². The number of aromatic nitrogens is 3. The molecule has 2 rings (SSSR count). The van der Waals surface area contributed by atoms with Crippen molar-refractivity contribution in [1.82, 2.24) is 15.0 Å². The molecule has 0 aliphatic rings. The standard InChI is InChI=1S/C14H16F3N5/c1-9(7-8-10-5-3-2-4-6-10)19-13-21-11(14(15,16)17)20-12(18)22-13/h2-6,9H,7-8H2,1H3,(H3,18,19,20,21,22). The van der Waals surface area contributed by atoms with E-state index in [0.717, 1.165) is 18.4 Å². The highest BCUT2D eigenvalue weighted by atomic mass is 19.4. The molecule has 5 nitrogen and oxygen atoms in total. The van der Waals surface area contributed by atoms with Crippen molar-refractivity contribution in [3.05, 3.63) is 41.7 Å². The minimum atomic E-state index is -4.65. The van der Waals surface area contributed by atoms with Crippen LogP contribution in [-0.4, -0.2) is 21.0 Å². The fraction of sp³-hybridized carbons (Fsp3) is 0.357. The third-order valence-corrected chi connectivity index (χ3v) is 2.99. The van der Waals surface area contributed by atoms with Gasteiger partial charge in [0.05, 0.1) is 0 Å². The molecule has 8 heteroatoms. The first kappa shape index (κ1) is 16.0. The monoisotopic (exact) mass is 311 g/mol. The number of benzene rings is 1. The maximum atomic E-state index is 12.6. The Balaban J connectivity index is 1.99. The predicted molar refractivity (Wildman–Crippen MR) is 77.1 cm³/mol. The molecule has 1 aromatic heterocycles. The summed E-state index contributed by atoms with van der Waals surface area (Å²) in [4.78, 5) is 10.1. The third-order valence-electron chi connectivity index (χ3n) is 2.99. The van der Waals surface area contributed by atoms with Crippen molar-refractivity contribution >= 4 is 11.9 Å². The van der Waals surface area contributed by atoms with Gasteiger partial charge in [-0.05, 0) is 25.3 Å². The van der Waals surface area contributed by atoms with E-state index >= 15 is 0 Å². The van der Waals surface area contributed by atoms with Crippen LogP contribution >= 0.6 is 0 Å². The molecule has 118 valence electrons. The Hall–Kier alpha value is -2.38. The van der Waals surface area contributed by atoms with Gasteiger partial charge in [-0.25, -0.2) is 0 Å². The van der Waals surface area contributed by atoms with Crippen LogP contribution in [0, 0.1) is 0 Å². The van der Waals surface area contributed by atoms with E-state index in [-0.39, 0.29) is 12.0 Å². The third kappa shape index (κ3) is 4.57. The lowest BCUT2D eigenvalue weighted by molar-refractivity contribution is -0.144. The van der Waals surface area contributed by atoms with Crippen LogP contribution in [0.1, 0.15) is 24.7 Å². The predicted octanol–water partition coefficient (Wildman–Crippen LogP) is 2.91. The lowest BCUT2D eigenvalue weighted by Crippen LogP contribution is -2.21. The van der Waals surface area contributed by atoms with E-state index in [1.165, 1.54) is 0 Å². The second-order valence-electron chi connectivity index (χ2n) is 4.91. The maximum Gasteiger partial charge on any atom is 0.451 e. The highest BCUT2D eigenvalue weighted by Gasteiger charge is 2.35. The SMILES string of the molecule is CC(CCc1ccccc1)Nc1nc(N)nc(C(F)(F)F)n1. The van der Waals surface area contributed by atoms with E-state index in [2.05, 4.69) is 20.3 Å². The molecule has 0 aliphatic heterocycles. The molecule has 0 radical (unpaired) electrons. The first-order valence-electron chi connectivity index (χ1n) is 6.74. The molecule has 1 atom stereocenters. The van der Waals surface area contributed by atoms with E-state index in [1.807, 2.05) is 37.3 Å². The van der Waals surface area contributed by atoms with Gasteiger partial charge in [-0.3, -0.25) is 0 Å². The first-order chi connectivity index (χ1) is 10.3. The number of alkyl halides is 3. The second kappa shape index (κ2) is 6.59. The molecular formula is C14H16F3N5. The highest BCUT2D eigenvalue weighted by Crippen LogP contribution is 2.26. The fourth-order valence-electron chi connectivity index (χ4n) is 1.90. The number of hydrogen-bond acceptors (Lipinski definition) is 5. The summed E-state index contributed by atoms with van der Waals surface area (Å²) in [6, 6.07) is 9.69. The molecule has 1 aromatic carbocycles. The minimum Gasteiger partial charge on any atom is -0.368 e. The number of nitrogens with two attached hydrogens (primary N) is 1. The Labute approximate surface area is 125 Å². The average Bonchev–Trinajstić information content (AvgIpc) is 2.45. The molecule has 0 saturated carbocycles. The summed E-state index contributed by atoms with van der Waals surface area (Å²) >= 11 is 0. The molecule has 2 aromatic rings. The summed E-state index contributed by atoms with van der Waals surface area (Å²) in [6.45, 7) is 1.84. The molecule has 0 saturated heterocycles. The fourth-order valence-corrected chi connectivity index (χ4v) is 1.90. The zero-order valence-electron chi connectivity index (χ0n) is 11.9. The van der Waals surface area contributed by atoms with E-state index in [0.29, 0.717) is 0 Å². The highest BCUT2D eigenvalue weighted by molar-refractivity contribution is 5.32. The van der Waals surface area contributed by atoms with E-state index in [1.54, 1.807) is 0 Å². The zero-order valence-corrected chi connectivity index (χ0v) is 11.9. The Morgan fingerprint density at radius 2 is 1.82 bits per heavy atom. The molecule has 1 heterocycles. The summed E-state index contributed by atoms with van der Waals surface area (Å²) in [5.74, 6) is -1.92. The van der Waals surface area contributed by atoms with Gasteiger partial charge < -0.3 is 11.1 Å². The smallest absolute Gasteiger partial charge is 0.368 e. The van der Waals surface area contributed by atoms with Gasteiger partial charge >= 0.3 is 6.18 Å². The van der Waals surface area contributed by atoms with Gasteiger partial charge in [-0.2, -0.15) is 28.1 Å². The summed E-state index contributed by atoms with van der Waals surface area (Å²) in [6.07, 6.45) is -3.14. The van der Waals surface area contributed by atoms with Crippen LogP contribution in [0.5, 0.6) is 0 Å². The van der Waals surface area contributed by atoms with Crippen LogP contribution in [0.3, 0.4) is 0 Å². The number of rotatable bonds is 5. The summed E-state index contributed by atoms with van der Waals surface area (Å²) in [5.41, 5.74) is 6.45. The maximum absolute atomic E-state index is 12.6. The largest absolute Gasteiger partial charge is 0.451 e. The quantitative estimate of drug-likeness (QED) is 0.888. The molecular weight excluding hydrogens is 295 g/mol. The molecule has 3 N–H and O–H groups in total. The normalized spacial score (nSPS) is 12.9. The van der Waals surface area contributed by atoms with Crippen molar-refractivity contribution in [2.24, 2.45) is 0 Å². The number of halogens is 3. The number of anilines is 2. The van der Waals surface area contributed by atoms with E-state index in [9.17, 15) is 13.2 Å². The average molecular weight is 311 g/mol. The Morgan fingerprint density at radius 1 is 1.14 bits per heavy atom. The Morgan fingerprint density at radius 3 is 2.45 bits per heavy atom. The summed E-state index contributed by atoms with van der Waals surface area (Å²) < 4.78 is 37.9. The van der Waals surface area contributed by atoms with Gasteiger partial charge in [-0.1, -0.05) is 30.3 Å². The molecule has 1 unspecified atom stereocenters. The molecule has 0 fully saturated rings. The summed E-state index contributed by atoms with van der Waals surface area (Å²) in [5, 5.41) is 2.82. The van der Waals surface area contributed by atoms with E-state index < -0.39 is 17.9 Å². The van der Waals surface area contributed by atoms with Crippen molar-refractivity contribution in [3.63, 3.8) is 0 Å². The number of nitrogens with one attached hydrogen (secondary N) is 1. The van der Waals surface area contributed by atoms with Crippen LogP contribution in [0.15, 0.2) is 30.3 Å². The van der Waals surface area contributed by atoms with Gasteiger partial charge in [0, 0.05) is 6.04 Å². The van der Waals surface area contributed by atoms with Crippen LogP contribution in [0.25, 0.3) is 0 Å². The first-order valence-corrected chi connectivity index (χ1v) is 6.74. The van der Waals surface area contributed by atoms with Crippen molar-refractivity contribution < 1.29 is 13.2 Å². The number of nitrogens with zero attached hydrogens (tertiary/aromatic N) is 3. The van der Waals surface area contributed by atoms with Crippen molar-refractivity contribution in [3.8, 4) is 0 Å². The van der Waals surface area contributed by atoms with E-state index in [4.69, 9.17) is 5.73 Å². The van der Waals surface area contributed by atoms with Gasteiger partial charge in [-0.15, -0.1) is 0 Å². The molecule has 0 amide bonds. The lowest BCUT2D eigenvalue weighted by atomic mass is 10.1. The molecule has 22 heavy (non-hydrogen) atoms. The lowest BCUT2D eigenvalue weighted by Gasteiger charge is -2.15. The van der Waals surface area contributed by atoms with Gasteiger partial charge in [0.25, 0.3) is 0 Å². The molecule has 0 bridgehead atoms. The van der Waals surface area contributed by atoms with Gasteiger partial charge in [0.1, 0.15) is 0 Å². The minimum absolute atomic E-state index is 0.108. The number of aryl methyl sites for hydroxylation is 1. The molecule has 0 aliphatic carbocycles. The van der Waals surface area contributed by atoms with Crippen molar-refractivity contribution in [2.45, 2.75) is 32.0 Å². The zero-order chi connectivity index (χ0) is 16.2. The Bertz CT molecular complexity index is 616. The topological polar surface area (TPSA) is 76.7 Å². The number of nitrogen functional groups attached to an aromatic ring is 1. The van der Waals surface area contributed by atoms with Crippen molar-refractivity contribution in [1.29, 1.82) is 0 Å².